The van der Waals surface area contributed by atoms with E-state index in [0.717, 1.165) is 0 Å². The number of nitrogens with one attached hydrogen (secondary N) is 1. The van der Waals surface area contributed by atoms with Gasteiger partial charge in [-0.25, -0.2) is 4.79 Å². The number of fused-ring (bicyclic) bond motifs is 1. The Morgan fingerprint density at radius 2 is 1.96 bits per heavy atom. The van der Waals surface area contributed by atoms with Gasteiger partial charge in [0, 0.05) is 27.3 Å². The average molecular weight is 396 g/mol. The molecule has 25 heavy (non-hydrogen) atoms. The lowest BCUT2D eigenvalue weighted by molar-refractivity contribution is 0.0527. The van der Waals surface area contributed by atoms with Crippen molar-refractivity contribution in [3.8, 4) is 0 Å². The number of nitrogens with zero attached hydrogens (tertiary/aromatic N) is 1. The fourth-order valence-corrected chi connectivity index (χ4v) is 3.17. The molecule has 1 heterocycles. The molecule has 3 rings (SSSR count). The third-order valence-corrected chi connectivity index (χ3v) is 4.22. The first-order valence-electron chi connectivity index (χ1n) is 7.47. The zero-order chi connectivity index (χ0) is 18.0. The van der Waals surface area contributed by atoms with Crippen LogP contribution in [-0.4, -0.2) is 17.6 Å². The molecule has 0 bridgehead atoms. The van der Waals surface area contributed by atoms with Crippen LogP contribution in [0.4, 0.5) is 11.4 Å². The first kappa shape index (κ1) is 17.8. The Hall–Kier alpha value is -2.01. The molecule has 128 valence electrons. The van der Waals surface area contributed by atoms with Gasteiger partial charge in [0.1, 0.15) is 5.56 Å². The number of anilines is 2. The summed E-state index contributed by atoms with van der Waals surface area (Å²) in [5, 5.41) is 5.22. The van der Waals surface area contributed by atoms with Gasteiger partial charge in [-0.2, -0.15) is 0 Å². The summed E-state index contributed by atoms with van der Waals surface area (Å²) in [6.45, 7) is 1.99. The van der Waals surface area contributed by atoms with Crippen molar-refractivity contribution in [2.45, 2.75) is 6.92 Å². The van der Waals surface area contributed by atoms with Crippen molar-refractivity contribution in [2.75, 3.05) is 11.9 Å². The van der Waals surface area contributed by atoms with Gasteiger partial charge in [0.15, 0.2) is 0 Å². The lowest BCUT2D eigenvalue weighted by Gasteiger charge is -2.15. The first-order chi connectivity index (χ1) is 12.0. The summed E-state index contributed by atoms with van der Waals surface area (Å²) in [7, 11) is 0. The van der Waals surface area contributed by atoms with E-state index in [4.69, 9.17) is 39.5 Å². The molecule has 0 saturated carbocycles. The number of aromatic nitrogens is 1. The summed E-state index contributed by atoms with van der Waals surface area (Å²) < 4.78 is 5.13. The monoisotopic (exact) mass is 394 g/mol. The molecule has 2 aromatic carbocycles. The zero-order valence-corrected chi connectivity index (χ0v) is 15.4. The molecule has 0 aliphatic carbocycles. The van der Waals surface area contributed by atoms with Gasteiger partial charge >= 0.3 is 5.97 Å². The maximum absolute atomic E-state index is 12.3. The van der Waals surface area contributed by atoms with Gasteiger partial charge in [-0.05, 0) is 37.3 Å². The molecular weight excluding hydrogens is 383 g/mol. The number of carbonyl (C=O) groups excluding carboxylic acids is 1. The molecule has 4 nitrogen and oxygen atoms in total. The second-order valence-electron chi connectivity index (χ2n) is 5.19. The molecule has 0 unspecified atom stereocenters. The molecule has 0 spiro atoms. The SMILES string of the molecule is CCOC(=O)c1cnc2c(Cl)cc(Cl)cc2c1Nc1cccc(Cl)c1. The summed E-state index contributed by atoms with van der Waals surface area (Å²) in [5.74, 6) is -0.488. The smallest absolute Gasteiger partial charge is 0.341 e. The van der Waals surface area contributed by atoms with Crippen LogP contribution in [0.25, 0.3) is 10.9 Å². The molecule has 0 atom stereocenters. The van der Waals surface area contributed by atoms with Gasteiger partial charge in [0.05, 0.1) is 22.8 Å². The summed E-state index contributed by atoms with van der Waals surface area (Å²) in [4.78, 5) is 16.6. The highest BCUT2D eigenvalue weighted by Crippen LogP contribution is 2.35. The molecule has 3 aromatic rings. The van der Waals surface area contributed by atoms with E-state index in [1.807, 2.05) is 6.07 Å². The van der Waals surface area contributed by atoms with Gasteiger partial charge < -0.3 is 10.1 Å². The molecule has 1 aromatic heterocycles. The van der Waals surface area contributed by atoms with Gasteiger partial charge in [-0.3, -0.25) is 4.98 Å². The molecule has 1 N–H and O–H groups in total. The topological polar surface area (TPSA) is 51.2 Å². The number of hydrogen-bond donors (Lipinski definition) is 1. The molecule has 0 aliphatic rings. The van der Waals surface area contributed by atoms with E-state index >= 15 is 0 Å². The highest BCUT2D eigenvalue weighted by atomic mass is 35.5. The van der Waals surface area contributed by atoms with Crippen LogP contribution in [0.3, 0.4) is 0 Å². The number of benzene rings is 2. The normalized spacial score (nSPS) is 10.7. The van der Waals surface area contributed by atoms with Crippen molar-refractivity contribution >= 4 is 63.0 Å². The molecule has 0 aliphatic heterocycles. The van der Waals surface area contributed by atoms with Crippen LogP contribution < -0.4 is 5.32 Å². The van der Waals surface area contributed by atoms with Gasteiger partial charge in [-0.15, -0.1) is 0 Å². The minimum Gasteiger partial charge on any atom is -0.462 e. The minimum absolute atomic E-state index is 0.254. The maximum atomic E-state index is 12.3. The number of hydrogen-bond acceptors (Lipinski definition) is 4. The standard InChI is InChI=1S/C18H13Cl3N2O2/c1-2-25-18(24)14-9-22-17-13(7-11(20)8-15(17)21)16(14)23-12-5-3-4-10(19)6-12/h3-9H,2H2,1H3,(H,22,23). The number of rotatable bonds is 4. The molecule has 7 heteroatoms. The van der Waals surface area contributed by atoms with E-state index in [-0.39, 0.29) is 12.2 Å². The van der Waals surface area contributed by atoms with Crippen LogP contribution in [0.5, 0.6) is 0 Å². The maximum Gasteiger partial charge on any atom is 0.341 e. The number of esters is 1. The molecular formula is C18H13Cl3N2O2. The van der Waals surface area contributed by atoms with Crippen molar-refractivity contribution in [1.82, 2.24) is 4.98 Å². The molecule has 0 radical (unpaired) electrons. The molecule has 0 saturated heterocycles. The number of carbonyl (C=O) groups is 1. The Labute approximate surface area is 159 Å². The predicted octanol–water partition coefficient (Wildman–Crippen LogP) is 6.12. The Morgan fingerprint density at radius 1 is 1.16 bits per heavy atom. The third kappa shape index (κ3) is 3.82. The number of ether oxygens (including phenoxy) is 1. The fraction of sp³-hybridized carbons (Fsp3) is 0.111. The summed E-state index contributed by atoms with van der Waals surface area (Å²) >= 11 is 18.4. The predicted molar refractivity (Wildman–Crippen MR) is 102 cm³/mol. The fourth-order valence-electron chi connectivity index (χ4n) is 2.44. The van der Waals surface area contributed by atoms with Crippen molar-refractivity contribution in [3.05, 3.63) is 63.2 Å². The summed E-state index contributed by atoms with van der Waals surface area (Å²) in [6, 6.07) is 10.4. The van der Waals surface area contributed by atoms with E-state index in [1.54, 1.807) is 37.3 Å². The number of halogens is 3. The van der Waals surface area contributed by atoms with E-state index in [0.29, 0.717) is 37.3 Å². The minimum atomic E-state index is -0.488. The van der Waals surface area contributed by atoms with Gasteiger partial charge in [0.2, 0.25) is 0 Å². The van der Waals surface area contributed by atoms with Crippen LogP contribution >= 0.6 is 34.8 Å². The largest absolute Gasteiger partial charge is 0.462 e. The first-order valence-corrected chi connectivity index (χ1v) is 8.60. The lowest BCUT2D eigenvalue weighted by atomic mass is 10.1. The van der Waals surface area contributed by atoms with E-state index in [9.17, 15) is 4.79 Å². The van der Waals surface area contributed by atoms with Gasteiger partial charge in [-0.1, -0.05) is 40.9 Å². The van der Waals surface area contributed by atoms with E-state index in [1.165, 1.54) is 6.20 Å². The van der Waals surface area contributed by atoms with Crippen LogP contribution in [-0.2, 0) is 4.74 Å². The average Bonchev–Trinajstić information content (AvgIpc) is 2.55. The van der Waals surface area contributed by atoms with Crippen LogP contribution in [0.1, 0.15) is 17.3 Å². The Kier molecular flexibility index (Phi) is 5.33. The van der Waals surface area contributed by atoms with Gasteiger partial charge in [0.25, 0.3) is 0 Å². The highest BCUT2D eigenvalue weighted by molar-refractivity contribution is 6.39. The second kappa shape index (κ2) is 7.48. The lowest BCUT2D eigenvalue weighted by Crippen LogP contribution is -2.09. The third-order valence-electron chi connectivity index (χ3n) is 3.48. The van der Waals surface area contributed by atoms with Crippen molar-refractivity contribution in [1.29, 1.82) is 0 Å². The van der Waals surface area contributed by atoms with E-state index < -0.39 is 5.97 Å². The summed E-state index contributed by atoms with van der Waals surface area (Å²) in [6.07, 6.45) is 1.44. The highest BCUT2D eigenvalue weighted by Gasteiger charge is 2.18. The zero-order valence-electron chi connectivity index (χ0n) is 13.1. The van der Waals surface area contributed by atoms with Crippen molar-refractivity contribution < 1.29 is 9.53 Å². The Bertz CT molecular complexity index is 960. The Balaban J connectivity index is 2.23. The molecule has 0 fully saturated rings. The summed E-state index contributed by atoms with van der Waals surface area (Å²) in [5.41, 5.74) is 2.04. The van der Waals surface area contributed by atoms with Crippen LogP contribution in [0, 0.1) is 0 Å². The van der Waals surface area contributed by atoms with Crippen molar-refractivity contribution in [3.63, 3.8) is 0 Å². The van der Waals surface area contributed by atoms with E-state index in [2.05, 4.69) is 10.3 Å². The second-order valence-corrected chi connectivity index (χ2v) is 6.47. The molecule has 0 amide bonds. The van der Waals surface area contributed by atoms with Crippen LogP contribution in [0.15, 0.2) is 42.6 Å². The van der Waals surface area contributed by atoms with Crippen molar-refractivity contribution in [2.24, 2.45) is 0 Å². The quantitative estimate of drug-likeness (QED) is 0.541. The number of pyridine rings is 1. The Morgan fingerprint density at radius 3 is 2.68 bits per heavy atom. The van der Waals surface area contributed by atoms with Crippen LogP contribution in [0.2, 0.25) is 15.1 Å².